The Bertz CT molecular complexity index is 397. The van der Waals surface area contributed by atoms with Crippen molar-refractivity contribution in [3.8, 4) is 0 Å². The summed E-state index contributed by atoms with van der Waals surface area (Å²) in [4.78, 5) is 12.1. The summed E-state index contributed by atoms with van der Waals surface area (Å²) in [6, 6.07) is 7.95. The second-order valence-electron chi connectivity index (χ2n) is 5.22. The van der Waals surface area contributed by atoms with Crippen molar-refractivity contribution in [3.05, 3.63) is 35.4 Å². The molecule has 1 aromatic rings. The summed E-state index contributed by atoms with van der Waals surface area (Å²) in [7, 11) is 0. The van der Waals surface area contributed by atoms with Gasteiger partial charge in [0.2, 0.25) is 0 Å². The van der Waals surface area contributed by atoms with Gasteiger partial charge in [-0.15, -0.1) is 12.4 Å². The molecule has 0 saturated heterocycles. The standard InChI is InChI=1S/C15H22N2O.ClH/c1-11(16)12-7-9-13(10-8-12)15(18)17-14-5-3-2-4-6-14;/h7-11,14H,2-6,16H2,1H3,(H,17,18);1H. The molecule has 1 aliphatic rings. The maximum atomic E-state index is 12.1. The van der Waals surface area contributed by atoms with E-state index in [1.807, 2.05) is 31.2 Å². The molecule has 1 saturated carbocycles. The summed E-state index contributed by atoms with van der Waals surface area (Å²) < 4.78 is 0. The quantitative estimate of drug-likeness (QED) is 0.894. The largest absolute Gasteiger partial charge is 0.349 e. The van der Waals surface area contributed by atoms with Crippen molar-refractivity contribution in [2.45, 2.75) is 51.1 Å². The Labute approximate surface area is 121 Å². The van der Waals surface area contributed by atoms with E-state index in [1.165, 1.54) is 19.3 Å². The van der Waals surface area contributed by atoms with Crippen LogP contribution in [0.4, 0.5) is 0 Å². The third kappa shape index (κ3) is 4.51. The van der Waals surface area contributed by atoms with Crippen LogP contribution in [0.5, 0.6) is 0 Å². The maximum absolute atomic E-state index is 12.1. The predicted molar refractivity (Wildman–Crippen MR) is 80.6 cm³/mol. The van der Waals surface area contributed by atoms with Crippen molar-refractivity contribution in [2.24, 2.45) is 5.73 Å². The van der Waals surface area contributed by atoms with Crippen LogP contribution in [-0.4, -0.2) is 11.9 Å². The Morgan fingerprint density at radius 2 is 1.79 bits per heavy atom. The molecule has 4 heteroatoms. The SMILES string of the molecule is CC(N)c1ccc(C(=O)NC2CCCCC2)cc1.Cl. The first-order valence-electron chi connectivity index (χ1n) is 6.83. The molecule has 0 radical (unpaired) electrons. The van der Waals surface area contributed by atoms with Crippen LogP contribution in [0.15, 0.2) is 24.3 Å². The van der Waals surface area contributed by atoms with Gasteiger partial charge in [0.15, 0.2) is 0 Å². The number of hydrogen-bond acceptors (Lipinski definition) is 2. The van der Waals surface area contributed by atoms with Gasteiger partial charge in [0, 0.05) is 17.6 Å². The zero-order chi connectivity index (χ0) is 13.0. The summed E-state index contributed by atoms with van der Waals surface area (Å²) in [6.07, 6.45) is 5.99. The van der Waals surface area contributed by atoms with Crippen LogP contribution in [0.2, 0.25) is 0 Å². The summed E-state index contributed by atoms with van der Waals surface area (Å²) in [5.41, 5.74) is 7.58. The minimum Gasteiger partial charge on any atom is -0.349 e. The zero-order valence-electron chi connectivity index (χ0n) is 11.4. The van der Waals surface area contributed by atoms with Crippen molar-refractivity contribution >= 4 is 18.3 Å². The highest BCUT2D eigenvalue weighted by Gasteiger charge is 2.16. The molecule has 0 aliphatic heterocycles. The summed E-state index contributed by atoms with van der Waals surface area (Å²) in [5.74, 6) is 0.0399. The third-order valence-corrected chi connectivity index (χ3v) is 3.64. The van der Waals surface area contributed by atoms with E-state index in [0.717, 1.165) is 24.0 Å². The fourth-order valence-corrected chi connectivity index (χ4v) is 2.45. The normalized spacial score (nSPS) is 17.4. The molecule has 0 aromatic heterocycles. The third-order valence-electron chi connectivity index (χ3n) is 3.64. The van der Waals surface area contributed by atoms with Crippen LogP contribution in [0.25, 0.3) is 0 Å². The Kier molecular flexibility index (Phi) is 6.32. The van der Waals surface area contributed by atoms with Gasteiger partial charge in [-0.2, -0.15) is 0 Å². The Morgan fingerprint density at radius 3 is 2.32 bits per heavy atom. The molecule has 0 heterocycles. The van der Waals surface area contributed by atoms with Gasteiger partial charge >= 0.3 is 0 Å². The molecular formula is C15H23ClN2O. The lowest BCUT2D eigenvalue weighted by Crippen LogP contribution is -2.36. The minimum absolute atomic E-state index is 0. The highest BCUT2D eigenvalue weighted by Crippen LogP contribution is 2.18. The van der Waals surface area contributed by atoms with Gasteiger partial charge in [0.25, 0.3) is 5.91 Å². The van der Waals surface area contributed by atoms with Crippen LogP contribution < -0.4 is 11.1 Å². The summed E-state index contributed by atoms with van der Waals surface area (Å²) in [6.45, 7) is 1.94. The fourth-order valence-electron chi connectivity index (χ4n) is 2.45. The molecule has 0 bridgehead atoms. The molecule has 3 nitrogen and oxygen atoms in total. The van der Waals surface area contributed by atoms with Crippen LogP contribution in [0, 0.1) is 0 Å². The van der Waals surface area contributed by atoms with Gasteiger partial charge in [-0.3, -0.25) is 4.79 Å². The van der Waals surface area contributed by atoms with Crippen LogP contribution in [0.3, 0.4) is 0 Å². The first-order chi connectivity index (χ1) is 8.66. The first kappa shape index (κ1) is 16.0. The van der Waals surface area contributed by atoms with Crippen molar-refractivity contribution in [1.29, 1.82) is 0 Å². The lowest BCUT2D eigenvalue weighted by molar-refractivity contribution is 0.0927. The van der Waals surface area contributed by atoms with E-state index >= 15 is 0 Å². The molecule has 0 spiro atoms. The Balaban J connectivity index is 0.00000180. The van der Waals surface area contributed by atoms with E-state index < -0.39 is 0 Å². The molecule has 1 unspecified atom stereocenters. The molecule has 1 atom stereocenters. The number of carbonyl (C=O) groups excluding carboxylic acids is 1. The average Bonchev–Trinajstić information content (AvgIpc) is 2.40. The minimum atomic E-state index is 0. The molecule has 106 valence electrons. The number of amides is 1. The van der Waals surface area contributed by atoms with Gasteiger partial charge < -0.3 is 11.1 Å². The lowest BCUT2D eigenvalue weighted by Gasteiger charge is -2.22. The van der Waals surface area contributed by atoms with Crippen LogP contribution in [0.1, 0.15) is 61.0 Å². The highest BCUT2D eigenvalue weighted by molar-refractivity contribution is 5.94. The van der Waals surface area contributed by atoms with Gasteiger partial charge in [-0.25, -0.2) is 0 Å². The molecule has 3 N–H and O–H groups in total. The Morgan fingerprint density at radius 1 is 1.21 bits per heavy atom. The lowest BCUT2D eigenvalue weighted by atomic mass is 9.95. The average molecular weight is 283 g/mol. The van der Waals surface area contributed by atoms with E-state index in [-0.39, 0.29) is 24.4 Å². The van der Waals surface area contributed by atoms with Crippen LogP contribution in [-0.2, 0) is 0 Å². The topological polar surface area (TPSA) is 55.1 Å². The summed E-state index contributed by atoms with van der Waals surface area (Å²) >= 11 is 0. The second-order valence-corrected chi connectivity index (χ2v) is 5.22. The number of hydrogen-bond donors (Lipinski definition) is 2. The molecule has 1 aromatic carbocycles. The van der Waals surface area contributed by atoms with Gasteiger partial charge in [0.1, 0.15) is 0 Å². The molecule has 1 aliphatic carbocycles. The van der Waals surface area contributed by atoms with Crippen molar-refractivity contribution in [3.63, 3.8) is 0 Å². The number of halogens is 1. The fraction of sp³-hybridized carbons (Fsp3) is 0.533. The van der Waals surface area contributed by atoms with E-state index in [1.54, 1.807) is 0 Å². The number of benzene rings is 1. The molecule has 1 fully saturated rings. The molecule has 19 heavy (non-hydrogen) atoms. The maximum Gasteiger partial charge on any atom is 0.251 e. The zero-order valence-corrected chi connectivity index (χ0v) is 12.2. The number of rotatable bonds is 3. The number of carbonyl (C=O) groups is 1. The first-order valence-corrected chi connectivity index (χ1v) is 6.83. The monoisotopic (exact) mass is 282 g/mol. The van der Waals surface area contributed by atoms with Crippen molar-refractivity contribution in [2.75, 3.05) is 0 Å². The van der Waals surface area contributed by atoms with Gasteiger partial charge in [-0.1, -0.05) is 31.4 Å². The second kappa shape index (κ2) is 7.51. The number of nitrogens with one attached hydrogen (secondary N) is 1. The predicted octanol–water partition coefficient (Wildman–Crippen LogP) is 3.19. The molecule has 2 rings (SSSR count). The summed E-state index contributed by atoms with van der Waals surface area (Å²) in [5, 5.41) is 3.11. The van der Waals surface area contributed by atoms with Gasteiger partial charge in [-0.05, 0) is 37.5 Å². The van der Waals surface area contributed by atoms with Gasteiger partial charge in [0.05, 0.1) is 0 Å². The van der Waals surface area contributed by atoms with E-state index in [2.05, 4.69) is 5.32 Å². The highest BCUT2D eigenvalue weighted by atomic mass is 35.5. The molecule has 1 amide bonds. The van der Waals surface area contributed by atoms with Crippen molar-refractivity contribution in [1.82, 2.24) is 5.32 Å². The smallest absolute Gasteiger partial charge is 0.251 e. The van der Waals surface area contributed by atoms with Crippen LogP contribution >= 0.6 is 12.4 Å². The van der Waals surface area contributed by atoms with Crippen molar-refractivity contribution < 1.29 is 4.79 Å². The molecular weight excluding hydrogens is 260 g/mol. The van der Waals surface area contributed by atoms with E-state index in [9.17, 15) is 4.79 Å². The van der Waals surface area contributed by atoms with E-state index in [4.69, 9.17) is 5.73 Å². The van der Waals surface area contributed by atoms with E-state index in [0.29, 0.717) is 6.04 Å². The Hall–Kier alpha value is -1.06. The number of nitrogens with two attached hydrogens (primary N) is 1.